The number of anilines is 1. The van der Waals surface area contributed by atoms with E-state index in [1.54, 1.807) is 0 Å². The monoisotopic (exact) mass is 315 g/mol. The summed E-state index contributed by atoms with van der Waals surface area (Å²) in [6, 6.07) is 6.07. The van der Waals surface area contributed by atoms with Gasteiger partial charge >= 0.3 is 0 Å². The molecule has 1 atom stereocenters. The molecule has 2 N–H and O–H groups in total. The summed E-state index contributed by atoms with van der Waals surface area (Å²) < 4.78 is 0. The van der Waals surface area contributed by atoms with Crippen LogP contribution in [0.4, 0.5) is 5.82 Å². The third-order valence-corrected chi connectivity index (χ3v) is 4.50. The van der Waals surface area contributed by atoms with E-state index in [4.69, 9.17) is 0 Å². The van der Waals surface area contributed by atoms with Crippen LogP contribution in [0.5, 0.6) is 0 Å². The Kier molecular flexibility index (Phi) is 3.78. The van der Waals surface area contributed by atoms with E-state index in [1.165, 1.54) is 11.8 Å². The second-order valence-electron chi connectivity index (χ2n) is 5.50. The SMILES string of the molecule is CSc1nc2c(c(=O)[nH]1)C(c1ccc(C)cc1C)CC(=O)N2. The van der Waals surface area contributed by atoms with E-state index in [2.05, 4.69) is 21.4 Å². The molecule has 2 aromatic rings. The molecule has 0 spiro atoms. The first-order valence-corrected chi connectivity index (χ1v) is 8.27. The summed E-state index contributed by atoms with van der Waals surface area (Å²) in [5.41, 5.74) is 3.61. The zero-order chi connectivity index (χ0) is 15.9. The fourth-order valence-corrected chi connectivity index (χ4v) is 3.31. The summed E-state index contributed by atoms with van der Waals surface area (Å²) in [5.74, 6) is 0.0217. The molecule has 1 aromatic carbocycles. The van der Waals surface area contributed by atoms with Crippen molar-refractivity contribution in [2.45, 2.75) is 31.3 Å². The molecule has 1 aliphatic heterocycles. The van der Waals surface area contributed by atoms with Gasteiger partial charge < -0.3 is 10.3 Å². The first-order chi connectivity index (χ1) is 10.5. The van der Waals surface area contributed by atoms with Gasteiger partial charge in [-0.1, -0.05) is 35.5 Å². The molecule has 1 unspecified atom stereocenters. The van der Waals surface area contributed by atoms with Crippen LogP contribution in [-0.2, 0) is 4.79 Å². The van der Waals surface area contributed by atoms with Crippen LogP contribution in [0.15, 0.2) is 28.2 Å². The van der Waals surface area contributed by atoms with Gasteiger partial charge in [-0.05, 0) is 31.2 Å². The third kappa shape index (κ3) is 2.54. The number of carbonyl (C=O) groups is 1. The lowest BCUT2D eigenvalue weighted by atomic mass is 9.84. The Labute approximate surface area is 132 Å². The second kappa shape index (κ2) is 5.61. The van der Waals surface area contributed by atoms with Crippen LogP contribution in [0.25, 0.3) is 0 Å². The van der Waals surface area contributed by atoms with E-state index in [0.717, 1.165) is 16.7 Å². The number of nitrogens with zero attached hydrogens (tertiary/aromatic N) is 1. The van der Waals surface area contributed by atoms with Crippen LogP contribution in [0.3, 0.4) is 0 Å². The molecule has 0 saturated heterocycles. The van der Waals surface area contributed by atoms with Gasteiger partial charge in [0, 0.05) is 12.3 Å². The van der Waals surface area contributed by atoms with Crippen molar-refractivity contribution >= 4 is 23.5 Å². The van der Waals surface area contributed by atoms with Crippen molar-refractivity contribution < 1.29 is 4.79 Å². The number of carbonyl (C=O) groups excluding carboxylic acids is 1. The highest BCUT2D eigenvalue weighted by molar-refractivity contribution is 7.98. The Morgan fingerprint density at radius 2 is 2.05 bits per heavy atom. The minimum atomic E-state index is -0.253. The quantitative estimate of drug-likeness (QED) is 0.660. The largest absolute Gasteiger partial charge is 0.310 e. The Hall–Kier alpha value is -2.08. The van der Waals surface area contributed by atoms with Gasteiger partial charge in [0.05, 0.1) is 5.56 Å². The van der Waals surface area contributed by atoms with Crippen molar-refractivity contribution in [1.82, 2.24) is 9.97 Å². The van der Waals surface area contributed by atoms with E-state index in [1.807, 2.05) is 32.2 Å². The van der Waals surface area contributed by atoms with Crippen molar-refractivity contribution in [3.05, 3.63) is 50.8 Å². The van der Waals surface area contributed by atoms with Gasteiger partial charge in [-0.3, -0.25) is 9.59 Å². The molecule has 0 bridgehead atoms. The Bertz CT molecular complexity index is 814. The first kappa shape index (κ1) is 14.8. The van der Waals surface area contributed by atoms with Crippen molar-refractivity contribution in [2.24, 2.45) is 0 Å². The highest BCUT2D eigenvalue weighted by Crippen LogP contribution is 2.35. The van der Waals surface area contributed by atoms with Crippen LogP contribution in [0, 0.1) is 13.8 Å². The lowest BCUT2D eigenvalue weighted by Crippen LogP contribution is -2.31. The van der Waals surface area contributed by atoms with Gasteiger partial charge in [-0.15, -0.1) is 0 Å². The van der Waals surface area contributed by atoms with Crippen molar-refractivity contribution in [2.75, 3.05) is 11.6 Å². The van der Waals surface area contributed by atoms with Crippen molar-refractivity contribution in [3.63, 3.8) is 0 Å². The summed E-state index contributed by atoms with van der Waals surface area (Å²) in [7, 11) is 0. The Balaban J connectivity index is 2.19. The number of H-pyrrole nitrogens is 1. The van der Waals surface area contributed by atoms with Crippen LogP contribution in [0.1, 0.15) is 34.6 Å². The van der Waals surface area contributed by atoms with Gasteiger partial charge in [0.15, 0.2) is 5.16 Å². The molecular formula is C16H17N3O2S. The van der Waals surface area contributed by atoms with Crippen molar-refractivity contribution in [3.8, 4) is 0 Å². The number of hydrogen-bond acceptors (Lipinski definition) is 4. The molecule has 2 heterocycles. The van der Waals surface area contributed by atoms with Gasteiger partial charge in [-0.2, -0.15) is 0 Å². The fourth-order valence-electron chi connectivity index (χ4n) is 2.93. The minimum absolute atomic E-state index is 0.109. The number of thioether (sulfide) groups is 1. The summed E-state index contributed by atoms with van der Waals surface area (Å²) in [6.45, 7) is 4.03. The van der Waals surface area contributed by atoms with E-state index >= 15 is 0 Å². The number of amides is 1. The second-order valence-corrected chi connectivity index (χ2v) is 6.30. The number of nitrogens with one attached hydrogen (secondary N) is 2. The molecule has 6 heteroatoms. The van der Waals surface area contributed by atoms with E-state index < -0.39 is 0 Å². The maximum Gasteiger partial charge on any atom is 0.257 e. The number of aromatic nitrogens is 2. The lowest BCUT2D eigenvalue weighted by Gasteiger charge is -2.25. The standard InChI is InChI=1S/C16H17N3O2S/c1-8-4-5-10(9(2)6-8)11-7-12(20)17-14-13(11)15(21)19-16(18-14)22-3/h4-6,11H,7H2,1-3H3,(H2,17,18,19,20,21). The zero-order valence-electron chi connectivity index (χ0n) is 12.7. The van der Waals surface area contributed by atoms with Gasteiger partial charge in [0.1, 0.15) is 5.82 Å². The van der Waals surface area contributed by atoms with Gasteiger partial charge in [-0.25, -0.2) is 4.98 Å². The number of fused-ring (bicyclic) bond motifs is 1. The number of aryl methyl sites for hydroxylation is 2. The average molecular weight is 315 g/mol. The summed E-state index contributed by atoms with van der Waals surface area (Å²) >= 11 is 1.34. The summed E-state index contributed by atoms with van der Waals surface area (Å²) in [5, 5.41) is 3.23. The molecular weight excluding hydrogens is 298 g/mol. The number of benzene rings is 1. The molecule has 114 valence electrons. The average Bonchev–Trinajstić information content (AvgIpc) is 2.45. The third-order valence-electron chi connectivity index (χ3n) is 3.92. The molecule has 0 fully saturated rings. The number of hydrogen-bond donors (Lipinski definition) is 2. The molecule has 3 rings (SSSR count). The molecule has 5 nitrogen and oxygen atoms in total. The normalized spacial score (nSPS) is 17.0. The molecule has 0 aliphatic carbocycles. The van der Waals surface area contributed by atoms with Crippen LogP contribution in [-0.4, -0.2) is 22.1 Å². The predicted octanol–water partition coefficient (Wildman–Crippen LogP) is 2.58. The minimum Gasteiger partial charge on any atom is -0.310 e. The molecule has 1 aromatic heterocycles. The van der Waals surface area contributed by atoms with Crippen LogP contribution < -0.4 is 10.9 Å². The molecule has 1 aliphatic rings. The molecule has 0 radical (unpaired) electrons. The van der Waals surface area contributed by atoms with Crippen LogP contribution >= 0.6 is 11.8 Å². The Morgan fingerprint density at radius 3 is 2.73 bits per heavy atom. The summed E-state index contributed by atoms with van der Waals surface area (Å²) in [4.78, 5) is 31.6. The van der Waals surface area contributed by atoms with Gasteiger partial charge in [0.2, 0.25) is 5.91 Å². The maximum absolute atomic E-state index is 12.5. The molecule has 22 heavy (non-hydrogen) atoms. The van der Waals surface area contributed by atoms with E-state index in [9.17, 15) is 9.59 Å². The van der Waals surface area contributed by atoms with Crippen molar-refractivity contribution in [1.29, 1.82) is 0 Å². The highest BCUT2D eigenvalue weighted by Gasteiger charge is 2.31. The highest BCUT2D eigenvalue weighted by atomic mass is 32.2. The molecule has 0 saturated carbocycles. The predicted molar refractivity (Wildman–Crippen MR) is 87.6 cm³/mol. The van der Waals surface area contributed by atoms with E-state index in [-0.39, 0.29) is 23.8 Å². The summed E-state index contributed by atoms with van der Waals surface area (Å²) in [6.07, 6.45) is 2.09. The zero-order valence-corrected chi connectivity index (χ0v) is 13.5. The first-order valence-electron chi connectivity index (χ1n) is 7.05. The molecule has 1 amide bonds. The van der Waals surface area contributed by atoms with Crippen LogP contribution in [0.2, 0.25) is 0 Å². The number of aromatic amines is 1. The smallest absolute Gasteiger partial charge is 0.257 e. The number of rotatable bonds is 2. The van der Waals surface area contributed by atoms with Gasteiger partial charge in [0.25, 0.3) is 5.56 Å². The topological polar surface area (TPSA) is 74.8 Å². The fraction of sp³-hybridized carbons (Fsp3) is 0.312. The lowest BCUT2D eigenvalue weighted by molar-refractivity contribution is -0.116. The maximum atomic E-state index is 12.5. The Morgan fingerprint density at radius 1 is 1.27 bits per heavy atom. The van der Waals surface area contributed by atoms with E-state index in [0.29, 0.717) is 16.5 Å².